The summed E-state index contributed by atoms with van der Waals surface area (Å²) in [4.78, 5) is 79.6. The van der Waals surface area contributed by atoms with Gasteiger partial charge in [0.2, 0.25) is 11.9 Å². The van der Waals surface area contributed by atoms with Gasteiger partial charge < -0.3 is 53.3 Å². The number of benzene rings is 2. The van der Waals surface area contributed by atoms with Gasteiger partial charge in [0.05, 0.1) is 30.7 Å². The molecule has 0 aliphatic carbocycles. The number of aromatic nitrogens is 6. The van der Waals surface area contributed by atoms with Crippen LogP contribution < -0.4 is 31.6 Å². The molecule has 6 aromatic rings. The van der Waals surface area contributed by atoms with Gasteiger partial charge in [-0.3, -0.25) is 14.4 Å². The van der Waals surface area contributed by atoms with Crippen molar-refractivity contribution in [2.75, 3.05) is 42.6 Å². The highest BCUT2D eigenvalue weighted by molar-refractivity contribution is 6.31. The largest absolute Gasteiger partial charge is 0.465 e. The zero-order valence-corrected chi connectivity index (χ0v) is 42.2. The number of nitrogens with zero attached hydrogens (tertiary/aromatic N) is 7. The molecule has 2 aliphatic heterocycles. The monoisotopic (exact) mass is 1000 g/mol. The van der Waals surface area contributed by atoms with Gasteiger partial charge in [-0.15, -0.1) is 0 Å². The molecule has 4 aromatic heterocycles. The number of halogens is 2. The number of carbonyl (C=O) groups excluding carboxylic acids is 3. The van der Waals surface area contributed by atoms with Gasteiger partial charge in [0.15, 0.2) is 0 Å². The number of ether oxygens (including phenoxy) is 3. The number of H-pyrrole nitrogens is 1. The minimum Gasteiger partial charge on any atom is -0.465 e. The zero-order valence-electron chi connectivity index (χ0n) is 40.7. The first kappa shape index (κ1) is 51.3. The maximum atomic E-state index is 13.6. The van der Waals surface area contributed by atoms with Gasteiger partial charge in [-0.05, 0) is 110 Å². The second kappa shape index (κ2) is 22.0. The summed E-state index contributed by atoms with van der Waals surface area (Å²) < 4.78 is 21.0. The highest BCUT2D eigenvalue weighted by Gasteiger charge is 2.30. The van der Waals surface area contributed by atoms with Crippen LogP contribution in [-0.2, 0) is 38.6 Å². The van der Waals surface area contributed by atoms with Crippen LogP contribution in [0, 0.1) is 0 Å². The van der Waals surface area contributed by atoms with E-state index in [1.54, 1.807) is 37.5 Å². The Morgan fingerprint density at radius 1 is 0.714 bits per heavy atom. The molecule has 18 nitrogen and oxygen atoms in total. The Bertz CT molecular complexity index is 2950. The quantitative estimate of drug-likeness (QED) is 0.0840. The molecule has 2 aromatic carbocycles. The van der Waals surface area contributed by atoms with Gasteiger partial charge in [-0.2, -0.15) is 0 Å². The number of hydrogen-bond acceptors (Lipinski definition) is 12. The predicted molar refractivity (Wildman–Crippen MR) is 271 cm³/mol. The Balaban J connectivity index is 0.000000209. The molecule has 3 N–H and O–H groups in total. The standard InChI is InChI=1S/C27H34ClN5O5.C23H28ClN5O3/c1-5-37-22(34)17-31-14-12-21-23(24(31)35)33(15-18-9-6-7-11-20(18)28)25(30-21)32-13-8-10-19(16-32)29-26(36)38-27(2,3)4;1-23(2,3)32-22(31)26-16-8-6-12-28(14-16)21-27-18-10-11-25-20(30)19(18)29(21)13-15-7-4-5-9-17(15)24/h6-7,9,11-12,14,19H,5,8,10,13,15-17H2,1-4H3,(H,29,36);4-5,7,9-11,16H,6,8,12-14H2,1-3H3,(H,25,30)(H,26,31)/t19-;16-/m11/s1. The number of alkyl carbamates (subject to hydrolysis) is 2. The van der Waals surface area contributed by atoms with Crippen molar-refractivity contribution in [2.45, 2.75) is 117 Å². The fraction of sp³-hybridized carbons (Fsp3) is 0.460. The first-order valence-electron chi connectivity index (χ1n) is 23.6. The van der Waals surface area contributed by atoms with Crippen LogP contribution in [0.25, 0.3) is 22.1 Å². The molecule has 0 saturated carbocycles. The second-order valence-corrected chi connectivity index (χ2v) is 20.2. The molecule has 0 radical (unpaired) electrons. The third-order valence-electron chi connectivity index (χ3n) is 11.5. The third kappa shape index (κ3) is 13.0. The molecule has 2 amide bonds. The highest BCUT2D eigenvalue weighted by atomic mass is 35.5. The number of aromatic amines is 1. The number of imidazole rings is 2. The molecule has 2 aliphatic rings. The van der Waals surface area contributed by atoms with Crippen molar-refractivity contribution in [3.8, 4) is 0 Å². The number of anilines is 2. The number of esters is 1. The van der Waals surface area contributed by atoms with Gasteiger partial charge in [-0.25, -0.2) is 19.6 Å². The van der Waals surface area contributed by atoms with Crippen LogP contribution in [0.15, 0.2) is 82.6 Å². The number of piperidine rings is 2. The van der Waals surface area contributed by atoms with Crippen molar-refractivity contribution in [3.05, 3.63) is 115 Å². The summed E-state index contributed by atoms with van der Waals surface area (Å²) in [7, 11) is 0. The molecule has 0 bridgehead atoms. The Kier molecular flexibility index (Phi) is 16.2. The normalized spacial score (nSPS) is 16.4. The maximum Gasteiger partial charge on any atom is 0.407 e. The van der Waals surface area contributed by atoms with Crippen molar-refractivity contribution in [1.82, 2.24) is 39.3 Å². The molecular formula is C50H62Cl2N10O8. The number of hydrogen-bond donors (Lipinski definition) is 3. The first-order chi connectivity index (χ1) is 33.3. The number of amides is 2. The van der Waals surface area contributed by atoms with Gasteiger partial charge in [0, 0.05) is 60.7 Å². The topological polar surface area (TPSA) is 200 Å². The molecular weight excluding hydrogens is 940 g/mol. The summed E-state index contributed by atoms with van der Waals surface area (Å²) in [5.74, 6) is 0.798. The van der Waals surface area contributed by atoms with Crippen molar-refractivity contribution >= 4 is 75.3 Å². The van der Waals surface area contributed by atoms with E-state index in [1.807, 2.05) is 93.1 Å². The van der Waals surface area contributed by atoms with Crippen molar-refractivity contribution < 1.29 is 28.6 Å². The number of fused-ring (bicyclic) bond motifs is 2. The van der Waals surface area contributed by atoms with E-state index in [-0.39, 0.29) is 36.4 Å². The Morgan fingerprint density at radius 2 is 1.20 bits per heavy atom. The number of rotatable bonds is 11. The molecule has 20 heteroatoms. The molecule has 8 rings (SSSR count). The van der Waals surface area contributed by atoms with Gasteiger partial charge in [0.25, 0.3) is 11.1 Å². The molecule has 2 atom stereocenters. The average Bonchev–Trinajstić information content (AvgIpc) is 3.85. The molecule has 70 heavy (non-hydrogen) atoms. The average molecular weight is 1000 g/mol. The van der Waals surface area contributed by atoms with Crippen LogP contribution in [-0.4, -0.2) is 103 Å². The van der Waals surface area contributed by atoms with Crippen LogP contribution in [0.5, 0.6) is 0 Å². The molecule has 6 heterocycles. The molecule has 2 saturated heterocycles. The van der Waals surface area contributed by atoms with E-state index in [2.05, 4.69) is 25.4 Å². The van der Waals surface area contributed by atoms with Gasteiger partial charge in [0.1, 0.15) is 28.8 Å². The van der Waals surface area contributed by atoms with Gasteiger partial charge in [-0.1, -0.05) is 59.6 Å². The number of carbonyl (C=O) groups is 3. The SMILES string of the molecule is CC(C)(C)OC(=O)N[C@@H]1CCCN(c2nc3cc[nH]c(=O)c3n2Cc2ccccc2Cl)C1.CCOC(=O)Cn1ccc2nc(N3CCC[C@@H](NC(=O)OC(C)(C)C)C3)n(Cc3ccccc3Cl)c2c1=O. The van der Waals surface area contributed by atoms with Crippen LogP contribution >= 0.6 is 23.2 Å². The smallest absolute Gasteiger partial charge is 0.407 e. The van der Waals surface area contributed by atoms with Crippen LogP contribution in [0.4, 0.5) is 21.5 Å². The number of pyridine rings is 2. The fourth-order valence-corrected chi connectivity index (χ4v) is 8.98. The van der Waals surface area contributed by atoms with E-state index in [1.165, 1.54) is 4.57 Å². The lowest BCUT2D eigenvalue weighted by Gasteiger charge is -2.34. The lowest BCUT2D eigenvalue weighted by atomic mass is 10.1. The second-order valence-electron chi connectivity index (χ2n) is 19.4. The first-order valence-corrected chi connectivity index (χ1v) is 24.3. The Hall–Kier alpha value is -6.53. The molecule has 0 spiro atoms. The summed E-state index contributed by atoms with van der Waals surface area (Å²) in [5, 5.41) is 7.14. The predicted octanol–water partition coefficient (Wildman–Crippen LogP) is 7.88. The van der Waals surface area contributed by atoms with E-state index in [4.69, 9.17) is 47.4 Å². The zero-order chi connectivity index (χ0) is 50.3. The van der Waals surface area contributed by atoms with E-state index in [0.29, 0.717) is 76.7 Å². The fourth-order valence-electron chi connectivity index (χ4n) is 8.59. The third-order valence-corrected chi connectivity index (χ3v) is 12.3. The summed E-state index contributed by atoms with van der Waals surface area (Å²) >= 11 is 12.9. The van der Waals surface area contributed by atoms with Crippen molar-refractivity contribution in [3.63, 3.8) is 0 Å². The molecule has 0 unspecified atom stereocenters. The minimum atomic E-state index is -0.592. The highest BCUT2D eigenvalue weighted by Crippen LogP contribution is 2.29. The lowest BCUT2D eigenvalue weighted by Crippen LogP contribution is -2.49. The summed E-state index contributed by atoms with van der Waals surface area (Å²) in [6.45, 7) is 16.0. The van der Waals surface area contributed by atoms with E-state index in [9.17, 15) is 24.0 Å². The van der Waals surface area contributed by atoms with Gasteiger partial charge >= 0.3 is 18.2 Å². The van der Waals surface area contributed by atoms with Crippen molar-refractivity contribution in [2.24, 2.45) is 0 Å². The van der Waals surface area contributed by atoms with Crippen LogP contribution in [0.3, 0.4) is 0 Å². The van der Waals surface area contributed by atoms with Crippen LogP contribution in [0.1, 0.15) is 85.3 Å². The van der Waals surface area contributed by atoms with E-state index >= 15 is 0 Å². The Morgan fingerprint density at radius 3 is 1.69 bits per heavy atom. The lowest BCUT2D eigenvalue weighted by molar-refractivity contribution is -0.143. The molecule has 374 valence electrons. The Labute approximate surface area is 416 Å². The molecule has 2 fully saturated rings. The summed E-state index contributed by atoms with van der Waals surface area (Å²) in [5.41, 5.74) is 2.05. The minimum absolute atomic E-state index is 0.0783. The van der Waals surface area contributed by atoms with Crippen molar-refractivity contribution in [1.29, 1.82) is 0 Å². The maximum absolute atomic E-state index is 13.6. The van der Waals surface area contributed by atoms with Crippen LogP contribution in [0.2, 0.25) is 10.0 Å². The van der Waals surface area contributed by atoms with E-state index < -0.39 is 29.4 Å². The van der Waals surface area contributed by atoms with E-state index in [0.717, 1.165) is 43.4 Å². The number of nitrogens with one attached hydrogen (secondary N) is 3. The summed E-state index contributed by atoms with van der Waals surface area (Å²) in [6.07, 6.45) is 5.62. The summed E-state index contributed by atoms with van der Waals surface area (Å²) in [6, 6.07) is 18.3.